The number of carbonyl (C=O) groups is 2. The Morgan fingerprint density at radius 2 is 0.973 bits per heavy atom. The third kappa shape index (κ3) is 10.2. The second-order valence-electron chi connectivity index (χ2n) is 9.14. The smallest absolute Gasteiger partial charge is 0.251 e. The Bertz CT molecular complexity index is 1010. The molecule has 2 N–H and O–H groups in total. The maximum Gasteiger partial charge on any atom is 0.251 e. The molecule has 0 aliphatic carbocycles. The van der Waals surface area contributed by atoms with E-state index in [0.29, 0.717) is 24.2 Å². The average Bonchev–Trinajstić information content (AvgIpc) is 3.34. The van der Waals surface area contributed by atoms with E-state index in [2.05, 4.69) is 20.4 Å². The first-order valence-electron chi connectivity index (χ1n) is 12.0. The predicted octanol–water partition coefficient (Wildman–Crippen LogP) is 4.82. The minimum atomic E-state index is -0.0720. The van der Waals surface area contributed by atoms with Gasteiger partial charge < -0.3 is 24.9 Å². The van der Waals surface area contributed by atoms with Gasteiger partial charge in [0.15, 0.2) is 0 Å². The zero-order valence-electron chi connectivity index (χ0n) is 22.0. The van der Waals surface area contributed by atoms with E-state index in [1.54, 1.807) is 0 Å². The standard InChI is InChI=1S/C28H36N4O3.2ClH/c1-31(2)19-5-17-29-27(33)23-11-7-21(8-12-23)25-15-16-26(35-25)22-9-13-24(14-10-22)28(34)30-18-6-20-32(3)4;;/h7-16H,5-6,17-20H2,1-4H3,(H,29,33)(H,30,34);2*1H. The van der Waals surface area contributed by atoms with E-state index in [9.17, 15) is 9.59 Å². The van der Waals surface area contributed by atoms with Gasteiger partial charge >= 0.3 is 0 Å². The number of hydrogen-bond acceptors (Lipinski definition) is 5. The molecule has 3 aromatic rings. The molecule has 0 fully saturated rings. The van der Waals surface area contributed by atoms with Crippen molar-refractivity contribution in [3.63, 3.8) is 0 Å². The lowest BCUT2D eigenvalue weighted by Gasteiger charge is -2.10. The second kappa shape index (κ2) is 16.1. The SMILES string of the molecule is CN(C)CCCNC(=O)c1ccc(-c2ccc(-c3ccc(C(=O)NCCCN(C)C)cc3)o2)cc1.Cl.Cl. The Morgan fingerprint density at radius 1 is 0.622 bits per heavy atom. The van der Waals surface area contributed by atoms with Crippen molar-refractivity contribution in [1.29, 1.82) is 0 Å². The number of amides is 2. The molecule has 0 saturated carbocycles. The highest BCUT2D eigenvalue weighted by Crippen LogP contribution is 2.29. The molecule has 0 aliphatic rings. The summed E-state index contributed by atoms with van der Waals surface area (Å²) in [7, 11) is 8.07. The van der Waals surface area contributed by atoms with E-state index in [0.717, 1.165) is 48.6 Å². The van der Waals surface area contributed by atoms with Gasteiger partial charge in [-0.1, -0.05) is 24.3 Å². The number of nitrogens with zero attached hydrogens (tertiary/aromatic N) is 2. The number of benzene rings is 2. The van der Waals surface area contributed by atoms with Crippen LogP contribution < -0.4 is 10.6 Å². The molecule has 3 rings (SSSR count). The zero-order chi connectivity index (χ0) is 25.2. The number of nitrogens with one attached hydrogen (secondary N) is 2. The molecule has 0 saturated heterocycles. The maximum atomic E-state index is 12.3. The highest BCUT2D eigenvalue weighted by molar-refractivity contribution is 5.95. The average molecular weight is 550 g/mol. The third-order valence-corrected chi connectivity index (χ3v) is 5.60. The molecule has 0 unspecified atom stereocenters. The van der Waals surface area contributed by atoms with Crippen LogP contribution in [0.3, 0.4) is 0 Å². The topological polar surface area (TPSA) is 77.8 Å². The van der Waals surface area contributed by atoms with Crippen molar-refractivity contribution in [2.24, 2.45) is 0 Å². The Balaban J connectivity index is 0.00000342. The van der Waals surface area contributed by atoms with Gasteiger partial charge in [0.25, 0.3) is 11.8 Å². The number of furan rings is 1. The van der Waals surface area contributed by atoms with Gasteiger partial charge in [-0.3, -0.25) is 9.59 Å². The molecule has 0 atom stereocenters. The molecular formula is C28H38Cl2N4O3. The number of rotatable bonds is 12. The summed E-state index contributed by atoms with van der Waals surface area (Å²) in [5.74, 6) is 1.30. The van der Waals surface area contributed by atoms with Crippen LogP contribution >= 0.6 is 24.8 Å². The van der Waals surface area contributed by atoms with Crippen molar-refractivity contribution >= 4 is 36.6 Å². The van der Waals surface area contributed by atoms with Crippen LogP contribution in [0.1, 0.15) is 33.6 Å². The van der Waals surface area contributed by atoms with Crippen molar-refractivity contribution in [2.75, 3.05) is 54.4 Å². The molecule has 2 aromatic carbocycles. The summed E-state index contributed by atoms with van der Waals surface area (Å²) in [6, 6.07) is 18.6. The summed E-state index contributed by atoms with van der Waals surface area (Å²) in [5, 5.41) is 5.90. The minimum Gasteiger partial charge on any atom is -0.456 e. The summed E-state index contributed by atoms with van der Waals surface area (Å²) in [4.78, 5) is 28.8. The molecule has 7 nitrogen and oxygen atoms in total. The fourth-order valence-electron chi connectivity index (χ4n) is 3.62. The second-order valence-corrected chi connectivity index (χ2v) is 9.14. The number of hydrogen-bond donors (Lipinski definition) is 2. The van der Waals surface area contributed by atoms with E-state index < -0.39 is 0 Å². The molecular weight excluding hydrogens is 511 g/mol. The molecule has 2 amide bonds. The maximum absolute atomic E-state index is 12.3. The van der Waals surface area contributed by atoms with Crippen LogP contribution in [0.25, 0.3) is 22.6 Å². The molecule has 1 aromatic heterocycles. The summed E-state index contributed by atoms with van der Waals surface area (Å²) in [6.07, 6.45) is 1.82. The van der Waals surface area contributed by atoms with Crippen LogP contribution in [0.2, 0.25) is 0 Å². The summed E-state index contributed by atoms with van der Waals surface area (Å²) in [6.45, 7) is 3.18. The molecule has 37 heavy (non-hydrogen) atoms. The predicted molar refractivity (Wildman–Crippen MR) is 155 cm³/mol. The van der Waals surface area contributed by atoms with E-state index in [1.165, 1.54) is 0 Å². The Hall–Kier alpha value is -2.84. The van der Waals surface area contributed by atoms with Gasteiger partial charge in [-0.25, -0.2) is 0 Å². The highest BCUT2D eigenvalue weighted by Gasteiger charge is 2.11. The largest absolute Gasteiger partial charge is 0.456 e. The lowest BCUT2D eigenvalue weighted by Crippen LogP contribution is -2.27. The van der Waals surface area contributed by atoms with Gasteiger partial charge in [0.05, 0.1) is 0 Å². The first kappa shape index (κ1) is 32.2. The Kier molecular flexibility index (Phi) is 14.0. The zero-order valence-corrected chi connectivity index (χ0v) is 23.6. The van der Waals surface area contributed by atoms with Gasteiger partial charge in [0.2, 0.25) is 0 Å². The van der Waals surface area contributed by atoms with E-state index in [1.807, 2.05) is 88.9 Å². The number of carbonyl (C=O) groups excluding carboxylic acids is 2. The molecule has 0 spiro atoms. The monoisotopic (exact) mass is 548 g/mol. The van der Waals surface area contributed by atoms with Crippen LogP contribution in [0.4, 0.5) is 0 Å². The van der Waals surface area contributed by atoms with Crippen molar-refractivity contribution in [2.45, 2.75) is 12.8 Å². The van der Waals surface area contributed by atoms with Gasteiger partial charge in [-0.05, 0) is 90.5 Å². The number of halogens is 2. The van der Waals surface area contributed by atoms with Gasteiger partial charge in [0, 0.05) is 35.3 Å². The molecule has 0 bridgehead atoms. The first-order chi connectivity index (χ1) is 16.8. The Morgan fingerprint density at radius 3 is 1.30 bits per heavy atom. The molecule has 9 heteroatoms. The van der Waals surface area contributed by atoms with Gasteiger partial charge in [0.1, 0.15) is 11.5 Å². The lowest BCUT2D eigenvalue weighted by atomic mass is 10.1. The fourth-order valence-corrected chi connectivity index (χ4v) is 3.62. The van der Waals surface area contributed by atoms with Crippen LogP contribution in [0.15, 0.2) is 65.1 Å². The Labute approximate surface area is 232 Å². The molecule has 0 aliphatic heterocycles. The van der Waals surface area contributed by atoms with Crippen molar-refractivity contribution in [1.82, 2.24) is 20.4 Å². The molecule has 1 heterocycles. The summed E-state index contributed by atoms with van der Waals surface area (Å²) in [5.41, 5.74) is 3.05. The minimum absolute atomic E-state index is 0. The quantitative estimate of drug-likeness (QED) is 0.317. The molecule has 0 radical (unpaired) electrons. The van der Waals surface area contributed by atoms with E-state index in [-0.39, 0.29) is 36.6 Å². The van der Waals surface area contributed by atoms with Crippen LogP contribution in [-0.2, 0) is 0 Å². The summed E-state index contributed by atoms with van der Waals surface area (Å²) < 4.78 is 6.05. The van der Waals surface area contributed by atoms with Gasteiger partial charge in [-0.2, -0.15) is 0 Å². The highest BCUT2D eigenvalue weighted by atomic mass is 35.5. The fraction of sp³-hybridized carbons (Fsp3) is 0.357. The van der Waals surface area contributed by atoms with Crippen molar-refractivity contribution < 1.29 is 14.0 Å². The lowest BCUT2D eigenvalue weighted by molar-refractivity contribution is 0.0944. The van der Waals surface area contributed by atoms with Crippen LogP contribution in [0, 0.1) is 0 Å². The molecule has 202 valence electrons. The van der Waals surface area contributed by atoms with Crippen LogP contribution in [0.5, 0.6) is 0 Å². The van der Waals surface area contributed by atoms with E-state index >= 15 is 0 Å². The third-order valence-electron chi connectivity index (χ3n) is 5.60. The first-order valence-corrected chi connectivity index (χ1v) is 12.0. The summed E-state index contributed by atoms with van der Waals surface area (Å²) >= 11 is 0. The van der Waals surface area contributed by atoms with Crippen molar-refractivity contribution in [3.8, 4) is 22.6 Å². The normalized spacial score (nSPS) is 10.5. The van der Waals surface area contributed by atoms with Gasteiger partial charge in [-0.15, -0.1) is 24.8 Å². The van der Waals surface area contributed by atoms with E-state index in [4.69, 9.17) is 4.42 Å². The van der Waals surface area contributed by atoms with Crippen LogP contribution in [-0.4, -0.2) is 76.0 Å². The van der Waals surface area contributed by atoms with Crippen molar-refractivity contribution in [3.05, 3.63) is 71.8 Å².